The number of unbranched alkanes of at least 4 members (excludes halogenated alkanes) is 1. The van der Waals surface area contributed by atoms with Gasteiger partial charge < -0.3 is 0 Å². The topological polar surface area (TPSA) is 109 Å². The van der Waals surface area contributed by atoms with Crippen LogP contribution < -0.4 is 9.44 Å². The van der Waals surface area contributed by atoms with Crippen LogP contribution in [-0.4, -0.2) is 22.7 Å². The maximum Gasteiger partial charge on any atom is 0.264 e. The van der Waals surface area contributed by atoms with Gasteiger partial charge in [0.25, 0.3) is 26.0 Å². The van der Waals surface area contributed by atoms with Crippen LogP contribution in [0.2, 0.25) is 0 Å². The van der Waals surface area contributed by atoms with Crippen molar-refractivity contribution in [3.8, 4) is 0 Å². The molecule has 0 heterocycles. The number of hydrogen-bond donors (Lipinski definition) is 2. The normalized spacial score (nSPS) is 11.7. The number of anilines is 1. The van der Waals surface area contributed by atoms with Gasteiger partial charge >= 0.3 is 0 Å². The van der Waals surface area contributed by atoms with Crippen LogP contribution in [-0.2, 0) is 26.5 Å². The third-order valence-corrected chi connectivity index (χ3v) is 7.48. The van der Waals surface area contributed by atoms with Crippen molar-refractivity contribution in [1.82, 2.24) is 4.72 Å². The highest BCUT2D eigenvalue weighted by Gasteiger charge is 2.19. The van der Waals surface area contributed by atoms with Gasteiger partial charge in [-0.3, -0.25) is 9.52 Å². The van der Waals surface area contributed by atoms with Gasteiger partial charge in [0.2, 0.25) is 0 Å². The summed E-state index contributed by atoms with van der Waals surface area (Å²) in [5.41, 5.74) is 1.48. The summed E-state index contributed by atoms with van der Waals surface area (Å²) in [6.45, 7) is 2.09. The van der Waals surface area contributed by atoms with Crippen molar-refractivity contribution in [3.05, 3.63) is 90.0 Å². The molecule has 0 bridgehead atoms. The van der Waals surface area contributed by atoms with E-state index in [1.807, 2.05) is 4.72 Å². The first-order valence-electron chi connectivity index (χ1n) is 10.1. The fourth-order valence-electron chi connectivity index (χ4n) is 2.96. The Balaban J connectivity index is 1.70. The smallest absolute Gasteiger partial charge is 0.264 e. The Hall–Kier alpha value is -3.17. The molecule has 0 saturated heterocycles. The summed E-state index contributed by atoms with van der Waals surface area (Å²) in [6, 6.07) is 19.7. The molecule has 0 radical (unpaired) electrons. The molecular formula is C23H24N2O5S2. The second-order valence-corrected chi connectivity index (χ2v) is 10.5. The summed E-state index contributed by atoms with van der Waals surface area (Å²) in [6.07, 6.45) is 2.98. The fraction of sp³-hybridized carbons (Fsp3) is 0.174. The first-order valence-corrected chi connectivity index (χ1v) is 13.0. The molecule has 0 spiro atoms. The van der Waals surface area contributed by atoms with E-state index in [0.717, 1.165) is 24.8 Å². The number of carbonyl (C=O) groups is 1. The maximum atomic E-state index is 12.6. The lowest BCUT2D eigenvalue weighted by Gasteiger charge is -2.10. The molecule has 3 rings (SSSR count). The molecule has 0 aromatic heterocycles. The summed E-state index contributed by atoms with van der Waals surface area (Å²) in [4.78, 5) is 12.1. The zero-order valence-electron chi connectivity index (χ0n) is 17.5. The number of amides is 1. The Labute approximate surface area is 188 Å². The van der Waals surface area contributed by atoms with Crippen LogP contribution in [0, 0.1) is 0 Å². The molecule has 0 aliphatic heterocycles. The largest absolute Gasteiger partial charge is 0.280 e. The van der Waals surface area contributed by atoms with E-state index in [1.165, 1.54) is 36.4 Å². The summed E-state index contributed by atoms with van der Waals surface area (Å²) in [5, 5.41) is 0. The third kappa shape index (κ3) is 5.95. The van der Waals surface area contributed by atoms with Crippen molar-refractivity contribution < 1.29 is 21.6 Å². The molecule has 0 aliphatic rings. The quantitative estimate of drug-likeness (QED) is 0.490. The van der Waals surface area contributed by atoms with Gasteiger partial charge in [0.15, 0.2) is 0 Å². The van der Waals surface area contributed by atoms with E-state index in [4.69, 9.17) is 0 Å². The van der Waals surface area contributed by atoms with Gasteiger partial charge in [-0.1, -0.05) is 43.7 Å². The van der Waals surface area contributed by atoms with Gasteiger partial charge in [0, 0.05) is 11.3 Å². The average molecular weight is 473 g/mol. The minimum absolute atomic E-state index is 0.115. The minimum atomic E-state index is -4.11. The Bertz CT molecular complexity index is 1270. The second-order valence-electron chi connectivity index (χ2n) is 7.18. The van der Waals surface area contributed by atoms with Crippen LogP contribution in [0.5, 0.6) is 0 Å². The molecule has 0 atom stereocenters. The van der Waals surface area contributed by atoms with Crippen molar-refractivity contribution >= 4 is 31.6 Å². The Kier molecular flexibility index (Phi) is 7.32. The van der Waals surface area contributed by atoms with Crippen LogP contribution in [0.4, 0.5) is 5.69 Å². The maximum absolute atomic E-state index is 12.6. The number of rotatable bonds is 9. The summed E-state index contributed by atoms with van der Waals surface area (Å²) < 4.78 is 54.6. The Morgan fingerprint density at radius 1 is 0.750 bits per heavy atom. The molecule has 3 aromatic rings. The van der Waals surface area contributed by atoms with Crippen LogP contribution in [0.1, 0.15) is 35.7 Å². The zero-order chi connectivity index (χ0) is 23.2. The highest BCUT2D eigenvalue weighted by atomic mass is 32.2. The molecule has 0 unspecified atom stereocenters. The summed E-state index contributed by atoms with van der Waals surface area (Å²) >= 11 is 0. The Morgan fingerprint density at radius 2 is 1.31 bits per heavy atom. The number of aryl methyl sites for hydroxylation is 1. The predicted molar refractivity (Wildman–Crippen MR) is 123 cm³/mol. The standard InChI is InChI=1S/C23H24N2O5S2/c1-2-3-7-18-10-14-21(15-11-18)31(27,28)24-20-12-16-22(17-13-20)32(29,30)25-23(26)19-8-5-4-6-9-19/h4-6,8-17,24H,2-3,7H2,1H3,(H,25,26). The summed E-state index contributed by atoms with van der Waals surface area (Å²) in [5.74, 6) is -0.752. The van der Waals surface area contributed by atoms with Gasteiger partial charge in [-0.05, 0) is 66.9 Å². The van der Waals surface area contributed by atoms with Gasteiger partial charge in [-0.2, -0.15) is 0 Å². The fourth-order valence-corrected chi connectivity index (χ4v) is 4.99. The number of carbonyl (C=O) groups excluding carboxylic acids is 1. The monoisotopic (exact) mass is 472 g/mol. The van der Waals surface area contributed by atoms with Gasteiger partial charge in [-0.15, -0.1) is 0 Å². The highest BCUT2D eigenvalue weighted by Crippen LogP contribution is 2.19. The lowest BCUT2D eigenvalue weighted by molar-refractivity contribution is 0.0981. The minimum Gasteiger partial charge on any atom is -0.280 e. The van der Waals surface area contributed by atoms with E-state index < -0.39 is 26.0 Å². The average Bonchev–Trinajstić information content (AvgIpc) is 2.78. The molecule has 9 heteroatoms. The van der Waals surface area contributed by atoms with Crippen molar-refractivity contribution in [2.75, 3.05) is 4.72 Å². The van der Waals surface area contributed by atoms with Crippen LogP contribution in [0.3, 0.4) is 0 Å². The van der Waals surface area contributed by atoms with E-state index in [1.54, 1.807) is 42.5 Å². The van der Waals surface area contributed by atoms with Gasteiger partial charge in [0.1, 0.15) is 0 Å². The number of hydrogen-bond acceptors (Lipinski definition) is 5. The highest BCUT2D eigenvalue weighted by molar-refractivity contribution is 7.92. The second kappa shape index (κ2) is 9.97. The molecule has 2 N–H and O–H groups in total. The molecule has 0 fully saturated rings. The van der Waals surface area contributed by atoms with E-state index in [2.05, 4.69) is 11.6 Å². The lowest BCUT2D eigenvalue weighted by atomic mass is 10.1. The van der Waals surface area contributed by atoms with Crippen molar-refractivity contribution in [2.45, 2.75) is 36.0 Å². The van der Waals surface area contributed by atoms with Crippen molar-refractivity contribution in [3.63, 3.8) is 0 Å². The molecule has 168 valence electrons. The molecular weight excluding hydrogens is 448 g/mol. The first-order chi connectivity index (χ1) is 15.2. The predicted octanol–water partition coefficient (Wildman–Crippen LogP) is 3.95. The molecule has 1 amide bonds. The zero-order valence-corrected chi connectivity index (χ0v) is 19.1. The van der Waals surface area contributed by atoms with Crippen LogP contribution >= 0.6 is 0 Å². The van der Waals surface area contributed by atoms with Gasteiger partial charge in [0.05, 0.1) is 9.79 Å². The SMILES string of the molecule is CCCCc1ccc(S(=O)(=O)Nc2ccc(S(=O)(=O)NC(=O)c3ccccc3)cc2)cc1. The number of benzene rings is 3. The van der Waals surface area contributed by atoms with E-state index in [9.17, 15) is 21.6 Å². The molecule has 3 aromatic carbocycles. The molecule has 32 heavy (non-hydrogen) atoms. The number of nitrogens with one attached hydrogen (secondary N) is 2. The van der Waals surface area contributed by atoms with Crippen molar-refractivity contribution in [1.29, 1.82) is 0 Å². The molecule has 7 nitrogen and oxygen atoms in total. The summed E-state index contributed by atoms with van der Waals surface area (Å²) in [7, 11) is -7.93. The van der Waals surface area contributed by atoms with Crippen LogP contribution in [0.25, 0.3) is 0 Å². The van der Waals surface area contributed by atoms with Crippen molar-refractivity contribution in [2.24, 2.45) is 0 Å². The molecule has 0 saturated carbocycles. The van der Waals surface area contributed by atoms with E-state index in [0.29, 0.717) is 0 Å². The van der Waals surface area contributed by atoms with E-state index >= 15 is 0 Å². The van der Waals surface area contributed by atoms with Gasteiger partial charge in [-0.25, -0.2) is 21.6 Å². The molecule has 0 aliphatic carbocycles. The lowest BCUT2D eigenvalue weighted by Crippen LogP contribution is -2.30. The third-order valence-electron chi connectivity index (χ3n) is 4.73. The van der Waals surface area contributed by atoms with E-state index in [-0.39, 0.29) is 21.0 Å². The first kappa shape index (κ1) is 23.5. The Morgan fingerprint density at radius 3 is 1.91 bits per heavy atom. The van der Waals surface area contributed by atoms with Crippen LogP contribution in [0.15, 0.2) is 88.7 Å². The number of sulfonamides is 2.